The number of fused-ring (bicyclic) bond motifs is 1. The van der Waals surface area contributed by atoms with Gasteiger partial charge in [0.1, 0.15) is 36.3 Å². The number of aromatic nitrogens is 2. The van der Waals surface area contributed by atoms with E-state index in [0.717, 1.165) is 68.0 Å². The Kier molecular flexibility index (Phi) is 45.0. The molecular formula is C77H120N12O15S3. The molecule has 30 heteroatoms. The Balaban J connectivity index is 1.51. The molecule has 0 unspecified atom stereocenters. The van der Waals surface area contributed by atoms with E-state index in [2.05, 4.69) is 93.5 Å². The highest BCUT2D eigenvalue weighted by Crippen LogP contribution is 2.29. The largest absolute Gasteiger partial charge is 0.480 e. The van der Waals surface area contributed by atoms with Crippen molar-refractivity contribution in [3.63, 3.8) is 0 Å². The zero-order chi connectivity index (χ0) is 78.5. The Hall–Kier alpha value is -7.60. The predicted octanol–water partition coefficient (Wildman–Crippen LogP) is 11.5. The molecule has 8 N–H and O–H groups in total. The summed E-state index contributed by atoms with van der Waals surface area (Å²) in [7, 11) is 0. The van der Waals surface area contributed by atoms with Crippen molar-refractivity contribution >= 4 is 122 Å². The second-order valence-corrected chi connectivity index (χ2v) is 31.6. The molecular weight excluding hydrogens is 1430 g/mol. The number of thioether (sulfide) groups is 3. The van der Waals surface area contributed by atoms with Crippen molar-refractivity contribution in [2.75, 3.05) is 60.8 Å². The number of carboxylic acid groups (broad SMARTS) is 1. The normalized spacial score (nSPS) is 15.2. The molecule has 0 bridgehead atoms. The summed E-state index contributed by atoms with van der Waals surface area (Å²) in [5.41, 5.74) is 3.95. The van der Waals surface area contributed by atoms with E-state index in [9.17, 15) is 68.0 Å². The van der Waals surface area contributed by atoms with Crippen LogP contribution in [0, 0.1) is 16.0 Å². The first kappa shape index (κ1) is 91.8. The molecule has 2 aliphatic rings. The van der Waals surface area contributed by atoms with Gasteiger partial charge in [-0.05, 0) is 152 Å². The van der Waals surface area contributed by atoms with E-state index in [4.69, 9.17) is 4.63 Å². The highest BCUT2D eigenvalue weighted by Gasteiger charge is 2.40. The summed E-state index contributed by atoms with van der Waals surface area (Å²) in [5, 5.41) is 48.9. The zero-order valence-corrected chi connectivity index (χ0v) is 66.8. The number of aliphatic carboxylic acids is 1. The number of imide groups is 1. The van der Waals surface area contributed by atoms with Crippen LogP contribution in [-0.4, -0.2) is 186 Å². The number of nitro benzene ring substituents is 1. The van der Waals surface area contributed by atoms with Crippen molar-refractivity contribution in [3.8, 4) is 0 Å². The number of amides is 9. The van der Waals surface area contributed by atoms with Crippen LogP contribution in [0.15, 0.2) is 63.9 Å². The topological polar surface area (TPSA) is 381 Å². The summed E-state index contributed by atoms with van der Waals surface area (Å²) in [6, 6.07) is -4.82. The summed E-state index contributed by atoms with van der Waals surface area (Å²) in [5.74, 6) is -6.23. The minimum absolute atomic E-state index is 0.0140. The minimum Gasteiger partial charge on any atom is -0.480 e. The second-order valence-electron chi connectivity index (χ2n) is 28.5. The van der Waals surface area contributed by atoms with E-state index in [1.165, 1.54) is 121 Å². The van der Waals surface area contributed by atoms with Gasteiger partial charge in [-0.2, -0.15) is 23.5 Å². The van der Waals surface area contributed by atoms with Gasteiger partial charge in [-0.15, -0.1) is 0 Å². The molecule has 0 radical (unpaired) electrons. The molecule has 0 saturated carbocycles. The third-order valence-corrected chi connectivity index (χ3v) is 21.3. The Morgan fingerprint density at radius 1 is 0.664 bits per heavy atom. The van der Waals surface area contributed by atoms with Crippen LogP contribution in [0.2, 0.25) is 0 Å². The van der Waals surface area contributed by atoms with E-state index in [1.54, 1.807) is 6.26 Å². The number of allylic oxidation sites excluding steroid dienone is 5. The maximum atomic E-state index is 15.0. The van der Waals surface area contributed by atoms with Crippen molar-refractivity contribution in [2.24, 2.45) is 5.92 Å². The van der Waals surface area contributed by atoms with Crippen LogP contribution in [0.1, 0.15) is 235 Å². The Morgan fingerprint density at radius 3 is 1.88 bits per heavy atom. The standard InChI is InChI=1S/C77H120N12O15S3/c1-9-10-11-12-13-14-15-16-17-18-19-20-23-37-69(94)107-52-61(80-66(91)50-79-65(90)36-22-21-26-45-88-67(92)40-41-68(88)93)74(97)82-59(43-47-105-8)73(96)81-58(34-24-25-44-78-57-38-39-63(89(102)103)71-70(57)85-104-86-71)72(95)83-60(49-54(4)5)76(99)87-46-29-35-64(87)75(98)84-62(77(100)101)51-106-48-42-56(7)33-28-32-55(6)31-27-30-53(2)3/h30,32,38-42,54,58-62,64,78H,9-29,31,33-37,43-52H2,1-8H3,(H,79,90)(H,80,91)(H,81,96)(H,82,97)(H,83,95)(H,84,98)(H,100,101)/b55-32+,56-42+/t58-,59-,60-,61-,62-,64-/m0/s1. The summed E-state index contributed by atoms with van der Waals surface area (Å²) in [4.78, 5) is 163. The van der Waals surface area contributed by atoms with Crippen LogP contribution in [0.4, 0.5) is 11.4 Å². The van der Waals surface area contributed by atoms with Gasteiger partial charge in [0, 0.05) is 68.0 Å². The van der Waals surface area contributed by atoms with Gasteiger partial charge >= 0.3 is 11.7 Å². The lowest BCUT2D eigenvalue weighted by Gasteiger charge is -2.31. The lowest BCUT2D eigenvalue weighted by Crippen LogP contribution is -2.60. The number of unbranched alkanes of at least 4 members (excludes halogenated alkanes) is 15. The van der Waals surface area contributed by atoms with E-state index < -0.39 is 107 Å². The maximum absolute atomic E-state index is 15.0. The SMILES string of the molecule is CCCCCCCCCCCCCCCC(=O)SC[C@H](NC(=O)CNC(=O)CCCCCN1C(=O)C=CC1=O)C(=O)N[C@@H](CCSC)C(=O)N[C@@H](CCCCNc1ccc([N+](=O)[O-])c2nonc12)C(=O)N[C@@H](CC(C)C)C(=O)N1CCC[C@H]1C(=O)N[C@@H](CSC/C=C(\C)CC/C=C(\C)CCC=C(C)C)C(=O)O. The lowest BCUT2D eigenvalue weighted by atomic mass is 10.0. The van der Waals surface area contributed by atoms with Gasteiger partial charge in [0.15, 0.2) is 10.6 Å². The minimum atomic E-state index is -1.38. The number of anilines is 1. The molecule has 0 spiro atoms. The second kappa shape index (κ2) is 52.5. The number of nitrogens with zero attached hydrogens (tertiary/aromatic N) is 5. The summed E-state index contributed by atoms with van der Waals surface area (Å²) in [6.45, 7) is 14.4. The Morgan fingerprint density at radius 2 is 1.25 bits per heavy atom. The molecule has 2 aromatic rings. The predicted molar refractivity (Wildman–Crippen MR) is 423 cm³/mol. The van der Waals surface area contributed by atoms with E-state index >= 15 is 0 Å². The van der Waals surface area contributed by atoms with Gasteiger partial charge in [-0.25, -0.2) is 9.42 Å². The molecule has 0 aliphatic carbocycles. The number of carbonyl (C=O) groups excluding carboxylic acids is 10. The highest BCUT2D eigenvalue weighted by atomic mass is 32.2. The number of hydrogen-bond donors (Lipinski definition) is 8. The third-order valence-electron chi connectivity index (χ3n) is 18.6. The molecule has 2 aliphatic heterocycles. The quantitative estimate of drug-likeness (QED) is 0.0100. The molecule has 9 amide bonds. The van der Waals surface area contributed by atoms with E-state index in [-0.39, 0.29) is 104 Å². The number of hydrogen-bond acceptors (Lipinski definition) is 20. The first-order valence-corrected chi connectivity index (χ1v) is 42.0. The molecule has 1 aromatic heterocycles. The number of rotatable bonds is 57. The molecule has 596 valence electrons. The van der Waals surface area contributed by atoms with Gasteiger partial charge in [0.2, 0.25) is 46.9 Å². The molecule has 1 aromatic carbocycles. The van der Waals surface area contributed by atoms with Crippen molar-refractivity contribution in [2.45, 2.75) is 271 Å². The fraction of sp³-hybridized carbons (Fsp3) is 0.675. The molecule has 27 nitrogen and oxygen atoms in total. The molecule has 4 rings (SSSR count). The van der Waals surface area contributed by atoms with Crippen LogP contribution in [0.3, 0.4) is 0 Å². The van der Waals surface area contributed by atoms with Gasteiger partial charge in [0.05, 0.1) is 17.2 Å². The van der Waals surface area contributed by atoms with Crippen molar-refractivity contribution in [3.05, 3.63) is 69.3 Å². The van der Waals surface area contributed by atoms with E-state index in [0.29, 0.717) is 55.7 Å². The number of non-ortho nitro benzene ring substituents is 1. The summed E-state index contributed by atoms with van der Waals surface area (Å²) < 4.78 is 4.83. The fourth-order valence-corrected chi connectivity index (χ4v) is 14.8. The maximum Gasteiger partial charge on any atom is 0.327 e. The van der Waals surface area contributed by atoms with Crippen molar-refractivity contribution in [1.82, 2.24) is 52.0 Å². The van der Waals surface area contributed by atoms with Gasteiger partial charge < -0.3 is 47.2 Å². The average molecular weight is 1550 g/mol. The molecule has 6 atom stereocenters. The molecule has 1 fully saturated rings. The van der Waals surface area contributed by atoms with Crippen LogP contribution < -0.4 is 37.2 Å². The van der Waals surface area contributed by atoms with Crippen molar-refractivity contribution < 1.29 is 67.4 Å². The fourth-order valence-electron chi connectivity index (χ4n) is 12.4. The van der Waals surface area contributed by atoms with Gasteiger partial charge in [-0.3, -0.25) is 63.0 Å². The monoisotopic (exact) mass is 1550 g/mol. The third kappa shape index (κ3) is 36.4. The van der Waals surface area contributed by atoms with Gasteiger partial charge in [-0.1, -0.05) is 151 Å². The summed E-state index contributed by atoms with van der Waals surface area (Å²) in [6.07, 6.45) is 32.3. The number of nitro groups is 1. The van der Waals surface area contributed by atoms with Crippen LogP contribution in [0.5, 0.6) is 0 Å². The first-order chi connectivity index (χ1) is 51.3. The Labute approximate surface area is 644 Å². The number of likely N-dealkylation sites (tertiary alicyclic amines) is 1. The summed E-state index contributed by atoms with van der Waals surface area (Å²) >= 11 is 3.62. The zero-order valence-electron chi connectivity index (χ0n) is 64.4. The number of carboxylic acids is 1. The van der Waals surface area contributed by atoms with E-state index in [1.807, 2.05) is 20.8 Å². The van der Waals surface area contributed by atoms with Crippen LogP contribution in [0.25, 0.3) is 11.0 Å². The van der Waals surface area contributed by atoms with Crippen LogP contribution >= 0.6 is 35.3 Å². The lowest BCUT2D eigenvalue weighted by molar-refractivity contribution is -0.383. The average Bonchev–Trinajstić information content (AvgIpc) is 1.71. The number of nitrogens with one attached hydrogen (secondary N) is 7. The Bertz CT molecular complexity index is 3320. The van der Waals surface area contributed by atoms with Gasteiger partial charge in [0.25, 0.3) is 11.8 Å². The first-order valence-electron chi connectivity index (χ1n) is 38.5. The smallest absolute Gasteiger partial charge is 0.327 e. The molecule has 107 heavy (non-hydrogen) atoms. The number of carbonyl (C=O) groups is 11. The molecule has 3 heterocycles. The molecule has 1 saturated heterocycles. The van der Waals surface area contributed by atoms with Crippen molar-refractivity contribution in [1.29, 1.82) is 0 Å². The highest BCUT2D eigenvalue weighted by molar-refractivity contribution is 8.13. The van der Waals surface area contributed by atoms with Crippen LogP contribution in [-0.2, 0) is 52.7 Å². The number of benzene rings is 1.